The number of hydrogen-bond donors (Lipinski definition) is 0. The van der Waals surface area contributed by atoms with Gasteiger partial charge in [-0.25, -0.2) is 0 Å². The van der Waals surface area contributed by atoms with Gasteiger partial charge in [0.05, 0.1) is 15.6 Å². The van der Waals surface area contributed by atoms with Crippen molar-refractivity contribution in [2.24, 2.45) is 0 Å². The summed E-state index contributed by atoms with van der Waals surface area (Å²) < 4.78 is 21.2. The molecular weight excluding hydrogens is 353 g/mol. The summed E-state index contributed by atoms with van der Waals surface area (Å²) in [4.78, 5) is 40.4. The molecule has 0 aromatic rings. The van der Waals surface area contributed by atoms with E-state index in [-0.39, 0.29) is 17.1 Å². The first-order chi connectivity index (χ1) is 6.12. The Kier molecular flexibility index (Phi) is 13.1. The molecule has 0 bridgehead atoms. The topological polar surface area (TPSA) is 183 Å². The van der Waals surface area contributed by atoms with Gasteiger partial charge in [0.15, 0.2) is 0 Å². The normalized spacial score (nSPS) is 10.0. The Morgan fingerprint density at radius 2 is 1.27 bits per heavy atom. The number of hydrogen-bond acceptors (Lipinski definition) is 9. The van der Waals surface area contributed by atoms with E-state index in [0.29, 0.717) is 15.0 Å². The fourth-order valence-corrected chi connectivity index (χ4v) is 1.16. The van der Waals surface area contributed by atoms with Crippen molar-refractivity contribution >= 4 is 15.6 Å². The number of nitrogens with zero attached hydrogens (tertiary/aromatic N) is 2. The predicted octanol–water partition coefficient (Wildman–Crippen LogP) is -3.31. The molecule has 0 N–H and O–H groups in total. The molecule has 13 heteroatoms. The van der Waals surface area contributed by atoms with E-state index >= 15 is 0 Å². The van der Waals surface area contributed by atoms with Crippen LogP contribution in [0.1, 0.15) is 0 Å². The van der Waals surface area contributed by atoms with Gasteiger partial charge in [0.1, 0.15) is 0 Å². The SMILES string of the molecule is N#[C][Cu][C]#N.O=P([O-])([O-])OP(=O)([O-])[O-].[Cu+4]. The van der Waals surface area contributed by atoms with E-state index in [1.54, 1.807) is 9.94 Å². The van der Waals surface area contributed by atoms with Crippen LogP contribution in [-0.2, 0) is 45.5 Å². The van der Waals surface area contributed by atoms with Gasteiger partial charge in [0.2, 0.25) is 0 Å². The Hall–Kier alpha value is 0.279. The van der Waals surface area contributed by atoms with Gasteiger partial charge in [-0.2, -0.15) is 0 Å². The summed E-state index contributed by atoms with van der Waals surface area (Å²) in [5, 5.41) is 15.1. The van der Waals surface area contributed by atoms with E-state index < -0.39 is 15.6 Å². The Labute approximate surface area is 101 Å². The van der Waals surface area contributed by atoms with E-state index in [0.717, 1.165) is 0 Å². The van der Waals surface area contributed by atoms with Gasteiger partial charge in [-0.05, 0) is 0 Å². The zero-order valence-corrected chi connectivity index (χ0v) is 9.92. The molecule has 0 heterocycles. The minimum absolute atomic E-state index is 0. The summed E-state index contributed by atoms with van der Waals surface area (Å²) in [6.45, 7) is 0. The molecule has 0 saturated heterocycles. The second-order valence-corrected chi connectivity index (χ2v) is 4.28. The molecule has 0 aliphatic heterocycles. The summed E-state index contributed by atoms with van der Waals surface area (Å²) in [7, 11) is -11.4. The molecule has 0 fully saturated rings. The van der Waals surface area contributed by atoms with Crippen LogP contribution in [0.3, 0.4) is 0 Å². The molecule has 0 aromatic heterocycles. The van der Waals surface area contributed by atoms with Crippen LogP contribution in [0, 0.1) is 20.5 Å². The van der Waals surface area contributed by atoms with Gasteiger partial charge in [0, 0.05) is 0 Å². The fourth-order valence-electron chi connectivity index (χ4n) is 0.138. The molecule has 15 heavy (non-hydrogen) atoms. The molecule has 0 spiro atoms. The van der Waals surface area contributed by atoms with Crippen LogP contribution in [0.15, 0.2) is 0 Å². The predicted molar refractivity (Wildman–Crippen MR) is 27.5 cm³/mol. The molecule has 0 amide bonds. The molecule has 0 unspecified atom stereocenters. The van der Waals surface area contributed by atoms with E-state index in [1.807, 2.05) is 0 Å². The average molecular weight is 353 g/mol. The third kappa shape index (κ3) is 31.4. The second kappa shape index (κ2) is 9.50. The van der Waals surface area contributed by atoms with Crippen LogP contribution < -0.4 is 19.6 Å². The number of nitriles is 2. The van der Waals surface area contributed by atoms with Crippen molar-refractivity contribution in [2.45, 2.75) is 0 Å². The van der Waals surface area contributed by atoms with E-state index in [9.17, 15) is 28.7 Å². The van der Waals surface area contributed by atoms with E-state index in [2.05, 4.69) is 4.31 Å². The van der Waals surface area contributed by atoms with Crippen LogP contribution in [-0.4, -0.2) is 0 Å². The van der Waals surface area contributed by atoms with Crippen molar-refractivity contribution < 1.29 is 65.0 Å². The minimum atomic E-state index is -5.68. The number of rotatable bonds is 2. The van der Waals surface area contributed by atoms with Gasteiger partial charge >= 0.3 is 52.5 Å². The maximum absolute atomic E-state index is 9.32. The van der Waals surface area contributed by atoms with Crippen molar-refractivity contribution in [3.63, 3.8) is 0 Å². The Morgan fingerprint density at radius 3 is 1.27 bits per heavy atom. The third-order valence-corrected chi connectivity index (χ3v) is 2.08. The van der Waals surface area contributed by atoms with Gasteiger partial charge < -0.3 is 33.0 Å². The standard InChI is InChI=1S/2CN.2Cu.H4O7P2/c2*1-2;;;1-8(2,3)7-9(4,5)6/h;;;;(H2,1,2,3)(H2,4,5,6)/q;;;+4;/p-4. The first kappa shape index (κ1) is 20.7. The molecule has 0 aliphatic rings. The zero-order valence-electron chi connectivity index (χ0n) is 6.25. The Bertz CT molecular complexity index is 302. The molecule has 0 aromatic carbocycles. The smallest absolute Gasteiger partial charge is 0.790 e. The van der Waals surface area contributed by atoms with Crippen LogP contribution in [0.5, 0.6) is 0 Å². The van der Waals surface area contributed by atoms with Gasteiger partial charge in [0.25, 0.3) is 0 Å². The largest absolute Gasteiger partial charge is 4.00 e. The van der Waals surface area contributed by atoms with Crippen LogP contribution >= 0.6 is 15.6 Å². The molecule has 0 rings (SSSR count). The van der Waals surface area contributed by atoms with Crippen LogP contribution in [0.2, 0.25) is 0 Å². The molecule has 0 saturated carbocycles. The minimum Gasteiger partial charge on any atom is -0.790 e. The molecule has 0 aliphatic carbocycles. The van der Waals surface area contributed by atoms with Crippen molar-refractivity contribution in [3.8, 4) is 9.94 Å². The molecule has 92 valence electrons. The van der Waals surface area contributed by atoms with Crippen molar-refractivity contribution in [1.82, 2.24) is 0 Å². The van der Waals surface area contributed by atoms with E-state index in [4.69, 9.17) is 10.5 Å². The average Bonchev–Trinajstić information content (AvgIpc) is 1.81. The van der Waals surface area contributed by atoms with Gasteiger partial charge in [-0.15, -0.1) is 0 Å². The van der Waals surface area contributed by atoms with Crippen molar-refractivity contribution in [1.29, 1.82) is 10.5 Å². The van der Waals surface area contributed by atoms with Crippen molar-refractivity contribution in [3.05, 3.63) is 0 Å². The summed E-state index contributed by atoms with van der Waals surface area (Å²) >= 11 is 0.646. The first-order valence-electron chi connectivity index (χ1n) is 2.21. The van der Waals surface area contributed by atoms with Crippen LogP contribution in [0.4, 0.5) is 0 Å². The maximum Gasteiger partial charge on any atom is 4.00 e. The monoisotopic (exact) mass is 352 g/mol. The van der Waals surface area contributed by atoms with Gasteiger partial charge in [-0.1, -0.05) is 0 Å². The summed E-state index contributed by atoms with van der Waals surface area (Å²) in [6, 6.07) is 0. The molecular formula is C2Cu2N2O7P2. The van der Waals surface area contributed by atoms with Crippen molar-refractivity contribution in [2.75, 3.05) is 0 Å². The number of phosphoric acid groups is 2. The quantitative estimate of drug-likeness (QED) is 0.362. The summed E-state index contributed by atoms with van der Waals surface area (Å²) in [6.07, 6.45) is 0. The fraction of sp³-hybridized carbons (Fsp3) is 0. The Balaban J connectivity index is -0.000000208. The zero-order chi connectivity index (χ0) is 11.8. The van der Waals surface area contributed by atoms with Crippen LogP contribution in [0.25, 0.3) is 0 Å². The molecule has 1 radical (unpaired) electrons. The summed E-state index contributed by atoms with van der Waals surface area (Å²) in [5.41, 5.74) is 0. The maximum atomic E-state index is 9.32. The third-order valence-electron chi connectivity index (χ3n) is 0.267. The first-order valence-corrected chi connectivity index (χ1v) is 6.07. The molecule has 9 nitrogen and oxygen atoms in total. The Morgan fingerprint density at radius 1 is 1.00 bits per heavy atom. The molecule has 0 atom stereocenters. The van der Waals surface area contributed by atoms with Gasteiger partial charge in [-0.3, -0.25) is 0 Å². The van der Waals surface area contributed by atoms with E-state index in [1.165, 1.54) is 0 Å². The second-order valence-electron chi connectivity index (χ2n) is 1.19. The summed E-state index contributed by atoms with van der Waals surface area (Å²) in [5.74, 6) is 0.